The normalized spacial score (nSPS) is 12.4. The summed E-state index contributed by atoms with van der Waals surface area (Å²) in [6.45, 7) is -0.695. The van der Waals surface area contributed by atoms with Crippen LogP contribution >= 0.6 is 0 Å². The van der Waals surface area contributed by atoms with E-state index < -0.39 is 45.2 Å². The van der Waals surface area contributed by atoms with Crippen LogP contribution in [0.25, 0.3) is 0 Å². The van der Waals surface area contributed by atoms with E-state index in [9.17, 15) is 17.2 Å². The Morgan fingerprint density at radius 2 is 1.93 bits per heavy atom. The molecule has 1 atom stereocenters. The average Bonchev–Trinajstić information content (AvgIpc) is 1.98. The molecule has 0 rings (SSSR count). The van der Waals surface area contributed by atoms with Gasteiger partial charge < -0.3 is 21.8 Å². The molecule has 0 saturated heterocycles. The average molecular weight is 239 g/mol. The second-order valence-corrected chi connectivity index (χ2v) is 5.05. The zero-order chi connectivity index (χ0) is 9.61. The minimum atomic E-state index is -3.51. The predicted molar refractivity (Wildman–Crippen MR) is 47.0 cm³/mol. The molecule has 0 amide bonds. The summed E-state index contributed by atoms with van der Waals surface area (Å²) >= 11 is -2.36. The molecule has 9 heteroatoms. The van der Waals surface area contributed by atoms with Gasteiger partial charge in [-0.2, -0.15) is 0 Å². The minimum Gasteiger partial charge on any atom is -0.772 e. The third-order valence-electron chi connectivity index (χ3n) is 0.915. The second kappa shape index (κ2) is 10.1. The summed E-state index contributed by atoms with van der Waals surface area (Å²) in [6, 6.07) is 0. The molecule has 0 spiro atoms. The van der Waals surface area contributed by atoms with Crippen molar-refractivity contribution < 1.29 is 45.9 Å². The smallest absolute Gasteiger partial charge is 0.772 e. The van der Waals surface area contributed by atoms with Crippen LogP contribution in [0.2, 0.25) is 0 Å². The van der Waals surface area contributed by atoms with Gasteiger partial charge in [-0.25, -0.2) is 8.42 Å². The maximum Gasteiger partial charge on any atom is 1.00 e. The molecule has 0 aliphatic rings. The summed E-state index contributed by atoms with van der Waals surface area (Å²) in [5.74, 6) is -1.58. The zero-order valence-electron chi connectivity index (χ0n) is 8.13. The van der Waals surface area contributed by atoms with Crippen LogP contribution < -0.4 is 18.9 Å². The number of hydrogen-bond acceptors (Lipinski definition) is 6. The summed E-state index contributed by atoms with van der Waals surface area (Å²) in [6.07, 6.45) is 0. The van der Waals surface area contributed by atoms with Crippen LogP contribution in [0.15, 0.2) is 0 Å². The summed E-state index contributed by atoms with van der Waals surface area (Å²) in [4.78, 5) is 0. The topological polar surface area (TPSA) is 104 Å². The fourth-order valence-corrected chi connectivity index (χ4v) is 2.42. The van der Waals surface area contributed by atoms with E-state index in [1.807, 2.05) is 0 Å². The Balaban J connectivity index is -0.000000605. The van der Waals surface area contributed by atoms with E-state index in [4.69, 9.17) is 5.11 Å². The molecule has 82 valence electrons. The standard InChI is InChI=1S/C4H10O6S2.CH3.Li/c5-3-10-4-12(8,9)2-1-11(6)7;;/h5H,1-4H2,(H,6,7);1H3;/q;-1;+1/p-1. The maximum absolute atomic E-state index is 10.8. The van der Waals surface area contributed by atoms with Crippen molar-refractivity contribution in [1.82, 2.24) is 0 Å². The number of aliphatic hydroxyl groups excluding tert-OH is 1. The Morgan fingerprint density at radius 3 is 2.29 bits per heavy atom. The summed E-state index contributed by atoms with van der Waals surface area (Å²) in [5.41, 5.74) is 0. The van der Waals surface area contributed by atoms with Gasteiger partial charge in [0.25, 0.3) is 0 Å². The van der Waals surface area contributed by atoms with Gasteiger partial charge in [-0.15, -0.1) is 0 Å². The van der Waals surface area contributed by atoms with E-state index in [0.717, 1.165) is 0 Å². The van der Waals surface area contributed by atoms with E-state index in [2.05, 4.69) is 4.74 Å². The van der Waals surface area contributed by atoms with Crippen molar-refractivity contribution in [2.24, 2.45) is 0 Å². The Hall–Kier alpha value is 0.577. The van der Waals surface area contributed by atoms with Crippen molar-refractivity contribution in [2.45, 2.75) is 0 Å². The van der Waals surface area contributed by atoms with Gasteiger partial charge in [0.2, 0.25) is 0 Å². The molecule has 0 fully saturated rings. The van der Waals surface area contributed by atoms with Crippen LogP contribution in [0.1, 0.15) is 0 Å². The number of aliphatic hydroxyl groups is 1. The number of sulfone groups is 1. The third kappa shape index (κ3) is 12.6. The predicted octanol–water partition coefficient (Wildman–Crippen LogP) is -4.34. The Labute approximate surface area is 98.4 Å². The van der Waals surface area contributed by atoms with Crippen molar-refractivity contribution >= 4 is 20.9 Å². The molecule has 14 heavy (non-hydrogen) atoms. The van der Waals surface area contributed by atoms with E-state index >= 15 is 0 Å². The largest absolute Gasteiger partial charge is 1.00 e. The van der Waals surface area contributed by atoms with Crippen LogP contribution in [0.3, 0.4) is 0 Å². The van der Waals surface area contributed by atoms with Gasteiger partial charge in [0.1, 0.15) is 6.79 Å². The molecule has 1 N–H and O–H groups in total. The summed E-state index contributed by atoms with van der Waals surface area (Å²) in [7, 11) is -3.51. The fourth-order valence-electron chi connectivity index (χ4n) is 0.418. The van der Waals surface area contributed by atoms with Crippen LogP contribution in [0, 0.1) is 7.43 Å². The van der Waals surface area contributed by atoms with Crippen molar-refractivity contribution in [2.75, 3.05) is 24.2 Å². The molecule has 0 aromatic heterocycles. The van der Waals surface area contributed by atoms with Gasteiger partial charge >= 0.3 is 18.9 Å². The molecule has 0 saturated carbocycles. The Bertz CT molecular complexity index is 239. The zero-order valence-corrected chi connectivity index (χ0v) is 9.77. The van der Waals surface area contributed by atoms with Gasteiger partial charge in [-0.1, -0.05) is 11.1 Å². The summed E-state index contributed by atoms with van der Waals surface area (Å²) in [5, 5.41) is 8.10. The van der Waals surface area contributed by atoms with E-state index in [1.165, 1.54) is 0 Å². The first-order valence-corrected chi connectivity index (χ1v) is 5.99. The molecule has 0 heterocycles. The summed E-state index contributed by atoms with van der Waals surface area (Å²) < 4.78 is 45.7. The number of rotatable bonds is 6. The SMILES string of the molecule is O=S([O-])CCS(=O)(=O)COCO.[CH3-].[Li+]. The van der Waals surface area contributed by atoms with Crippen molar-refractivity contribution in [3.05, 3.63) is 7.43 Å². The van der Waals surface area contributed by atoms with Crippen LogP contribution in [0.4, 0.5) is 0 Å². The fraction of sp³-hybridized carbons (Fsp3) is 0.800. The first-order valence-electron chi connectivity index (χ1n) is 2.93. The number of hydrogen-bond donors (Lipinski definition) is 1. The van der Waals surface area contributed by atoms with Crippen molar-refractivity contribution in [1.29, 1.82) is 0 Å². The molecular formula is C5H12LiO6S2-. The molecule has 0 bridgehead atoms. The Morgan fingerprint density at radius 1 is 1.43 bits per heavy atom. The van der Waals surface area contributed by atoms with E-state index in [0.29, 0.717) is 0 Å². The molecule has 6 nitrogen and oxygen atoms in total. The second-order valence-electron chi connectivity index (χ2n) is 1.91. The molecule has 0 aliphatic carbocycles. The monoisotopic (exact) mass is 239 g/mol. The molecule has 0 radical (unpaired) electrons. The maximum atomic E-state index is 10.8. The first-order chi connectivity index (χ1) is 5.48. The van der Waals surface area contributed by atoms with Crippen molar-refractivity contribution in [3.8, 4) is 0 Å². The molecular weight excluding hydrogens is 227 g/mol. The van der Waals surface area contributed by atoms with Crippen LogP contribution in [-0.2, 0) is 25.7 Å². The number of ether oxygens (including phenoxy) is 1. The van der Waals surface area contributed by atoms with Gasteiger partial charge in [-0.3, -0.25) is 4.21 Å². The van der Waals surface area contributed by atoms with E-state index in [1.54, 1.807) is 0 Å². The van der Waals surface area contributed by atoms with Crippen LogP contribution in [0.5, 0.6) is 0 Å². The van der Waals surface area contributed by atoms with Crippen LogP contribution in [-0.4, -0.2) is 46.5 Å². The van der Waals surface area contributed by atoms with Gasteiger partial charge in [-0.05, 0) is 0 Å². The molecule has 1 unspecified atom stereocenters. The first kappa shape index (κ1) is 20.0. The van der Waals surface area contributed by atoms with Gasteiger partial charge in [0, 0.05) is 5.75 Å². The minimum absolute atomic E-state index is 0. The third-order valence-corrected chi connectivity index (χ3v) is 3.06. The van der Waals surface area contributed by atoms with E-state index in [-0.39, 0.29) is 26.3 Å². The van der Waals surface area contributed by atoms with Crippen molar-refractivity contribution in [3.63, 3.8) is 0 Å². The Kier molecular flexibility index (Phi) is 14.5. The molecule has 0 aliphatic heterocycles. The quantitative estimate of drug-likeness (QED) is 0.217. The van der Waals surface area contributed by atoms with Gasteiger partial charge in [0.15, 0.2) is 15.8 Å². The molecule has 0 aromatic rings. The molecule has 0 aromatic carbocycles. The van der Waals surface area contributed by atoms with Gasteiger partial charge in [0.05, 0.1) is 5.75 Å².